The van der Waals surface area contributed by atoms with E-state index in [9.17, 15) is 19.1 Å². The van der Waals surface area contributed by atoms with Crippen LogP contribution in [0.25, 0.3) is 0 Å². The summed E-state index contributed by atoms with van der Waals surface area (Å²) in [6, 6.07) is 10.4. The Morgan fingerprint density at radius 1 is 1.14 bits per heavy atom. The van der Waals surface area contributed by atoms with Gasteiger partial charge in [-0.15, -0.1) is 0 Å². The number of nitrogens with one attached hydrogen (secondary N) is 1. The van der Waals surface area contributed by atoms with E-state index in [1.807, 2.05) is 33.8 Å². The molecule has 0 unspecified atom stereocenters. The number of anilines is 1. The van der Waals surface area contributed by atoms with Crippen LogP contribution in [0.1, 0.15) is 37.0 Å². The number of hydrogen-bond donors (Lipinski definition) is 3. The molecule has 0 atom stereocenters. The molecule has 0 aromatic heterocycles. The van der Waals surface area contributed by atoms with Crippen LogP contribution >= 0.6 is 7.82 Å². The highest BCUT2D eigenvalue weighted by atomic mass is 31.2. The Balaban J connectivity index is 2.27. The molecule has 0 aliphatic carbocycles. The van der Waals surface area contributed by atoms with Crippen LogP contribution in [0.2, 0.25) is 0 Å². The molecule has 2 rings (SSSR count). The summed E-state index contributed by atoms with van der Waals surface area (Å²) in [5.41, 5.74) is 2.10. The van der Waals surface area contributed by atoms with Gasteiger partial charge in [-0.25, -0.2) is 4.57 Å². The summed E-state index contributed by atoms with van der Waals surface area (Å²) in [6.45, 7) is 7.32. The van der Waals surface area contributed by atoms with Gasteiger partial charge in [0.05, 0.1) is 7.11 Å². The first-order valence-electron chi connectivity index (χ1n) is 8.72. The van der Waals surface area contributed by atoms with Crippen LogP contribution in [0.5, 0.6) is 11.5 Å². The molecular weight excluding hydrogens is 381 g/mol. The molecule has 7 nitrogen and oxygen atoms in total. The van der Waals surface area contributed by atoms with E-state index >= 15 is 0 Å². The van der Waals surface area contributed by atoms with Crippen LogP contribution in [0, 0.1) is 13.8 Å². The second-order valence-electron chi connectivity index (χ2n) is 7.37. The monoisotopic (exact) mass is 407 g/mol. The molecule has 0 bridgehead atoms. The van der Waals surface area contributed by atoms with Gasteiger partial charge in [0.2, 0.25) is 5.91 Å². The normalized spacial score (nSPS) is 11.8. The summed E-state index contributed by atoms with van der Waals surface area (Å²) in [5.74, 6) is 0.554. The van der Waals surface area contributed by atoms with Crippen molar-refractivity contribution < 1.29 is 28.4 Å². The van der Waals surface area contributed by atoms with Gasteiger partial charge in [0.1, 0.15) is 11.5 Å². The number of ether oxygens (including phenoxy) is 1. The highest BCUT2D eigenvalue weighted by Crippen LogP contribution is 2.45. The van der Waals surface area contributed by atoms with Crippen molar-refractivity contribution in [2.24, 2.45) is 0 Å². The molecule has 0 aliphatic rings. The van der Waals surface area contributed by atoms with E-state index in [0.717, 1.165) is 11.1 Å². The highest BCUT2D eigenvalue weighted by molar-refractivity contribution is 7.46. The number of rotatable bonds is 7. The molecule has 8 heteroatoms. The molecule has 0 radical (unpaired) electrons. The van der Waals surface area contributed by atoms with Gasteiger partial charge in [-0.1, -0.05) is 19.9 Å². The summed E-state index contributed by atoms with van der Waals surface area (Å²) in [5, 5.41) is 2.83. The minimum Gasteiger partial charge on any atom is -0.497 e. The van der Waals surface area contributed by atoms with E-state index in [2.05, 4.69) is 5.32 Å². The Kier molecular flexibility index (Phi) is 6.55. The number of hydrogen-bond acceptors (Lipinski definition) is 4. The molecular formula is C20H26NO6P. The van der Waals surface area contributed by atoms with E-state index in [1.165, 1.54) is 0 Å². The molecule has 0 saturated heterocycles. The van der Waals surface area contributed by atoms with Crippen molar-refractivity contribution in [3.05, 3.63) is 53.1 Å². The Hall–Kier alpha value is -2.34. The molecule has 0 saturated carbocycles. The van der Waals surface area contributed by atoms with Crippen molar-refractivity contribution in [2.45, 2.75) is 39.5 Å². The summed E-state index contributed by atoms with van der Waals surface area (Å²) in [7, 11) is -3.17. The van der Waals surface area contributed by atoms with Crippen LogP contribution in [0.3, 0.4) is 0 Å². The van der Waals surface area contributed by atoms with Crippen molar-refractivity contribution in [3.8, 4) is 11.5 Å². The predicted molar refractivity (Wildman–Crippen MR) is 108 cm³/mol. The zero-order valence-corrected chi connectivity index (χ0v) is 17.5. The number of carbonyl (C=O) groups is 1. The second kappa shape index (κ2) is 8.35. The van der Waals surface area contributed by atoms with E-state index in [4.69, 9.17) is 9.26 Å². The molecule has 0 spiro atoms. The van der Waals surface area contributed by atoms with Crippen LogP contribution in [-0.4, -0.2) is 22.8 Å². The maximum Gasteiger partial charge on any atom is 0.524 e. The van der Waals surface area contributed by atoms with Crippen LogP contribution < -0.4 is 14.6 Å². The van der Waals surface area contributed by atoms with Gasteiger partial charge in [0.15, 0.2) is 0 Å². The van der Waals surface area contributed by atoms with Gasteiger partial charge >= 0.3 is 7.82 Å². The van der Waals surface area contributed by atoms with Crippen LogP contribution in [-0.2, 0) is 14.8 Å². The average molecular weight is 407 g/mol. The van der Waals surface area contributed by atoms with Gasteiger partial charge in [-0.05, 0) is 55.3 Å². The third kappa shape index (κ3) is 5.83. The topological polar surface area (TPSA) is 105 Å². The van der Waals surface area contributed by atoms with E-state index in [1.54, 1.807) is 37.4 Å². The maximum absolute atomic E-state index is 12.6. The lowest BCUT2D eigenvalue weighted by atomic mass is 9.78. The molecule has 2 aromatic rings. The standard InChI is InChI=1S/C20H26NO6P/c1-13-10-14(2)19(17(11-13)27-28(23,24)25)20(3,4)12-18(22)21-15-6-8-16(26-5)9-7-15/h6-11H,12H2,1-5H3,(H,21,22)(H2,23,24,25). The number of benzene rings is 2. The largest absolute Gasteiger partial charge is 0.524 e. The minimum absolute atomic E-state index is 0.0908. The lowest BCUT2D eigenvalue weighted by molar-refractivity contribution is -0.117. The third-order valence-electron chi connectivity index (χ3n) is 4.31. The molecule has 0 heterocycles. The number of phosphoric ester groups is 1. The quantitative estimate of drug-likeness (QED) is 0.597. The summed E-state index contributed by atoms with van der Waals surface area (Å²) >= 11 is 0. The predicted octanol–water partition coefficient (Wildman–Crippen LogP) is 4.09. The zero-order chi connectivity index (χ0) is 21.1. The third-order valence-corrected chi connectivity index (χ3v) is 4.75. The number of carbonyl (C=O) groups excluding carboxylic acids is 1. The van der Waals surface area contributed by atoms with E-state index in [-0.39, 0.29) is 18.1 Å². The molecule has 152 valence electrons. The molecule has 0 aliphatic heterocycles. The second-order valence-corrected chi connectivity index (χ2v) is 8.54. The van der Waals surface area contributed by atoms with E-state index in [0.29, 0.717) is 17.0 Å². The van der Waals surface area contributed by atoms with Crippen molar-refractivity contribution in [1.29, 1.82) is 0 Å². The van der Waals surface area contributed by atoms with Crippen molar-refractivity contribution in [2.75, 3.05) is 12.4 Å². The highest BCUT2D eigenvalue weighted by Gasteiger charge is 2.32. The fourth-order valence-electron chi connectivity index (χ4n) is 3.37. The van der Waals surface area contributed by atoms with Gasteiger partial charge in [0.25, 0.3) is 0 Å². The Labute approximate surface area is 164 Å². The first kappa shape index (κ1) is 22.0. The maximum atomic E-state index is 12.6. The minimum atomic E-state index is -4.73. The Morgan fingerprint density at radius 2 is 1.75 bits per heavy atom. The Bertz CT molecular complexity index is 902. The van der Waals surface area contributed by atoms with Crippen LogP contribution in [0.15, 0.2) is 36.4 Å². The molecule has 1 amide bonds. The van der Waals surface area contributed by atoms with Crippen molar-refractivity contribution in [1.82, 2.24) is 0 Å². The van der Waals surface area contributed by atoms with Crippen LogP contribution in [0.4, 0.5) is 5.69 Å². The van der Waals surface area contributed by atoms with Gasteiger partial charge in [-0.2, -0.15) is 0 Å². The fourth-order valence-corrected chi connectivity index (χ4v) is 3.77. The molecule has 0 fully saturated rings. The van der Waals surface area contributed by atoms with Crippen molar-refractivity contribution in [3.63, 3.8) is 0 Å². The number of aryl methyl sites for hydroxylation is 2. The molecule has 2 aromatic carbocycles. The lowest BCUT2D eigenvalue weighted by Gasteiger charge is -2.29. The van der Waals surface area contributed by atoms with Gasteiger partial charge in [0, 0.05) is 23.1 Å². The first-order chi connectivity index (χ1) is 12.9. The SMILES string of the molecule is COc1ccc(NC(=O)CC(C)(C)c2c(C)cc(C)cc2OP(=O)(O)O)cc1. The van der Waals surface area contributed by atoms with E-state index < -0.39 is 13.2 Å². The zero-order valence-electron chi connectivity index (χ0n) is 16.6. The summed E-state index contributed by atoms with van der Waals surface area (Å²) < 4.78 is 21.4. The van der Waals surface area contributed by atoms with Crippen molar-refractivity contribution >= 4 is 19.4 Å². The fraction of sp³-hybridized carbons (Fsp3) is 0.350. The lowest BCUT2D eigenvalue weighted by Crippen LogP contribution is -2.27. The Morgan fingerprint density at radius 3 is 2.29 bits per heavy atom. The number of amides is 1. The number of phosphoric acid groups is 1. The molecule has 28 heavy (non-hydrogen) atoms. The molecule has 3 N–H and O–H groups in total. The average Bonchev–Trinajstić information content (AvgIpc) is 2.52. The summed E-state index contributed by atoms with van der Waals surface area (Å²) in [4.78, 5) is 31.1. The van der Waals surface area contributed by atoms with Gasteiger partial charge in [-0.3, -0.25) is 14.6 Å². The first-order valence-corrected chi connectivity index (χ1v) is 10.2. The summed E-state index contributed by atoms with van der Waals surface area (Å²) in [6.07, 6.45) is 0.0977. The smallest absolute Gasteiger partial charge is 0.497 e. The number of methoxy groups -OCH3 is 1. The van der Waals surface area contributed by atoms with Gasteiger partial charge < -0.3 is 14.6 Å².